The lowest BCUT2D eigenvalue weighted by molar-refractivity contribution is 0.102. The quantitative estimate of drug-likeness (QED) is 0.714. The second-order valence-electron chi connectivity index (χ2n) is 6.00. The van der Waals surface area contributed by atoms with Gasteiger partial charge in [-0.3, -0.25) is 9.59 Å². The predicted octanol–water partition coefficient (Wildman–Crippen LogP) is 4.71. The highest BCUT2D eigenvalue weighted by atomic mass is 16.3. The topological polar surface area (TPSA) is 59.3 Å². The maximum absolute atomic E-state index is 12.5. The number of benzene rings is 1. The second-order valence-corrected chi connectivity index (χ2v) is 6.00. The van der Waals surface area contributed by atoms with Gasteiger partial charge in [0.05, 0.1) is 0 Å². The van der Waals surface area contributed by atoms with Gasteiger partial charge in [0.25, 0.3) is 5.91 Å². The highest BCUT2D eigenvalue weighted by Crippen LogP contribution is 2.15. The Morgan fingerprint density at radius 2 is 1.79 bits per heavy atom. The van der Waals surface area contributed by atoms with Crippen LogP contribution in [0.4, 0.5) is 5.69 Å². The minimum atomic E-state index is -0.404. The van der Waals surface area contributed by atoms with Crippen LogP contribution in [0.3, 0.4) is 0 Å². The van der Waals surface area contributed by atoms with Crippen molar-refractivity contribution in [3.05, 3.63) is 63.7 Å². The smallest absolute Gasteiger partial charge is 0.263 e. The van der Waals surface area contributed by atoms with Crippen molar-refractivity contribution in [3.63, 3.8) is 0 Å². The summed E-state index contributed by atoms with van der Waals surface area (Å²) < 4.78 is 5.69. The molecule has 1 amide bonds. The Morgan fingerprint density at radius 1 is 1.08 bits per heavy atom. The number of unbranched alkanes of at least 4 members (excludes halogenated alkanes) is 4. The van der Waals surface area contributed by atoms with E-state index in [1.165, 1.54) is 18.9 Å². The fraction of sp³-hybridized carbons (Fsp3) is 0.400. The number of anilines is 1. The van der Waals surface area contributed by atoms with Crippen LogP contribution in [0.5, 0.6) is 0 Å². The van der Waals surface area contributed by atoms with Crippen LogP contribution < -0.4 is 10.7 Å². The average molecular weight is 327 g/mol. The molecule has 1 aromatic heterocycles. The monoisotopic (exact) mass is 327 g/mol. The summed E-state index contributed by atoms with van der Waals surface area (Å²) in [6.45, 7) is 3.91. The molecule has 2 aromatic rings. The number of rotatable bonds is 8. The van der Waals surface area contributed by atoms with Crippen molar-refractivity contribution in [2.75, 3.05) is 5.32 Å². The van der Waals surface area contributed by atoms with Crippen LogP contribution in [0.15, 0.2) is 45.6 Å². The summed E-state index contributed by atoms with van der Waals surface area (Å²) in [4.78, 5) is 24.8. The summed E-state index contributed by atoms with van der Waals surface area (Å²) in [5, 5.41) is 2.77. The molecule has 0 saturated heterocycles. The molecule has 0 spiro atoms. The molecule has 0 atom stereocenters. The summed E-state index contributed by atoms with van der Waals surface area (Å²) >= 11 is 0. The van der Waals surface area contributed by atoms with Crippen LogP contribution in [-0.2, 0) is 6.42 Å². The third-order valence-corrected chi connectivity index (χ3v) is 3.91. The molecular weight excluding hydrogens is 302 g/mol. The zero-order valence-corrected chi connectivity index (χ0v) is 14.4. The Balaban J connectivity index is 2.15. The molecule has 0 aliphatic rings. The lowest BCUT2D eigenvalue weighted by atomic mass is 10.1. The summed E-state index contributed by atoms with van der Waals surface area (Å²) in [7, 11) is 0. The molecular formula is C20H25NO3. The number of carbonyl (C=O) groups is 1. The highest BCUT2D eigenvalue weighted by Gasteiger charge is 2.18. The normalized spacial score (nSPS) is 10.6. The molecule has 0 bridgehead atoms. The summed E-state index contributed by atoms with van der Waals surface area (Å²) in [5.41, 5.74) is 0.507. The van der Waals surface area contributed by atoms with E-state index in [1.807, 2.05) is 18.2 Å². The van der Waals surface area contributed by atoms with Crippen molar-refractivity contribution in [1.29, 1.82) is 0 Å². The van der Waals surface area contributed by atoms with Gasteiger partial charge in [0.15, 0.2) is 5.43 Å². The molecule has 0 fully saturated rings. The van der Waals surface area contributed by atoms with E-state index in [9.17, 15) is 9.59 Å². The molecule has 0 radical (unpaired) electrons. The highest BCUT2D eigenvalue weighted by molar-refractivity contribution is 6.04. The van der Waals surface area contributed by atoms with Crippen molar-refractivity contribution in [2.24, 2.45) is 0 Å². The number of nitrogens with one attached hydrogen (secondary N) is 1. The van der Waals surface area contributed by atoms with Gasteiger partial charge in [-0.15, -0.1) is 0 Å². The van der Waals surface area contributed by atoms with E-state index in [-0.39, 0.29) is 11.0 Å². The van der Waals surface area contributed by atoms with E-state index in [1.54, 1.807) is 19.1 Å². The number of hydrogen-bond donors (Lipinski definition) is 1. The van der Waals surface area contributed by atoms with Gasteiger partial charge in [-0.1, -0.05) is 50.8 Å². The Bertz CT molecular complexity index is 719. The number of carbonyl (C=O) groups excluding carboxylic acids is 1. The Hall–Kier alpha value is -2.36. The summed E-state index contributed by atoms with van der Waals surface area (Å²) in [5.74, 6) is 0.628. The first-order valence-corrected chi connectivity index (χ1v) is 8.62. The van der Waals surface area contributed by atoms with E-state index >= 15 is 0 Å². The van der Waals surface area contributed by atoms with Crippen molar-refractivity contribution in [2.45, 2.75) is 52.4 Å². The van der Waals surface area contributed by atoms with Gasteiger partial charge in [-0.25, -0.2) is 0 Å². The van der Waals surface area contributed by atoms with Crippen molar-refractivity contribution >= 4 is 11.6 Å². The maximum Gasteiger partial charge on any atom is 0.263 e. The molecule has 0 saturated carbocycles. The third-order valence-electron chi connectivity index (χ3n) is 3.91. The molecule has 2 rings (SSSR count). The standard InChI is InChI=1S/C20H25NO3/c1-3-4-5-6-10-13-18-19(17(22)14-15(2)24-18)20(23)21-16-11-8-7-9-12-16/h7-9,11-12,14H,3-6,10,13H2,1-2H3,(H,21,23). The van der Waals surface area contributed by atoms with Crippen LogP contribution in [-0.4, -0.2) is 5.91 Å². The molecule has 1 N–H and O–H groups in total. The number of para-hydroxylation sites is 1. The molecule has 1 aromatic carbocycles. The van der Waals surface area contributed by atoms with Gasteiger partial charge in [0, 0.05) is 18.2 Å². The van der Waals surface area contributed by atoms with Crippen molar-refractivity contribution in [3.8, 4) is 0 Å². The largest absolute Gasteiger partial charge is 0.465 e. The van der Waals surface area contributed by atoms with Crippen molar-refractivity contribution < 1.29 is 9.21 Å². The van der Waals surface area contributed by atoms with Gasteiger partial charge < -0.3 is 9.73 Å². The summed E-state index contributed by atoms with van der Waals surface area (Å²) in [6, 6.07) is 10.5. The number of hydrogen-bond acceptors (Lipinski definition) is 3. The van der Waals surface area contributed by atoms with Gasteiger partial charge >= 0.3 is 0 Å². The third kappa shape index (κ3) is 5.08. The fourth-order valence-electron chi connectivity index (χ4n) is 2.69. The minimum Gasteiger partial charge on any atom is -0.465 e. The van der Waals surface area contributed by atoms with Gasteiger partial charge in [-0.2, -0.15) is 0 Å². The number of amides is 1. The Kier molecular flexibility index (Phi) is 6.79. The Morgan fingerprint density at radius 3 is 2.50 bits per heavy atom. The van der Waals surface area contributed by atoms with Crippen molar-refractivity contribution in [1.82, 2.24) is 0 Å². The van der Waals surface area contributed by atoms with Crippen LogP contribution in [0.25, 0.3) is 0 Å². The van der Waals surface area contributed by atoms with Gasteiger partial charge in [0.1, 0.15) is 17.1 Å². The zero-order chi connectivity index (χ0) is 17.4. The molecule has 0 aliphatic heterocycles. The fourth-order valence-corrected chi connectivity index (χ4v) is 2.69. The second kappa shape index (κ2) is 9.06. The molecule has 4 heteroatoms. The SMILES string of the molecule is CCCCCCCc1oc(C)cc(=O)c1C(=O)Nc1ccccc1. The first-order chi connectivity index (χ1) is 11.6. The zero-order valence-electron chi connectivity index (χ0n) is 14.4. The predicted molar refractivity (Wildman–Crippen MR) is 96.6 cm³/mol. The minimum absolute atomic E-state index is 0.125. The van der Waals surface area contributed by atoms with Gasteiger partial charge in [0.2, 0.25) is 0 Å². The van der Waals surface area contributed by atoms with Crippen LogP contribution in [0.1, 0.15) is 60.9 Å². The number of aryl methyl sites for hydroxylation is 2. The summed E-state index contributed by atoms with van der Waals surface area (Å²) in [6.07, 6.45) is 6.16. The molecule has 1 heterocycles. The first kappa shape index (κ1) is 18.0. The molecule has 0 aliphatic carbocycles. The molecule has 24 heavy (non-hydrogen) atoms. The Labute approximate surface area is 142 Å². The van der Waals surface area contributed by atoms with Crippen LogP contribution >= 0.6 is 0 Å². The van der Waals surface area contributed by atoms with E-state index in [4.69, 9.17) is 4.42 Å². The molecule has 0 unspecified atom stereocenters. The van der Waals surface area contributed by atoms with E-state index in [2.05, 4.69) is 12.2 Å². The van der Waals surface area contributed by atoms with Crippen LogP contribution in [0, 0.1) is 6.92 Å². The van der Waals surface area contributed by atoms with Gasteiger partial charge in [-0.05, 0) is 25.5 Å². The lowest BCUT2D eigenvalue weighted by Crippen LogP contribution is -2.23. The van der Waals surface area contributed by atoms with E-state index in [0.717, 1.165) is 19.3 Å². The first-order valence-electron chi connectivity index (χ1n) is 8.62. The van der Waals surface area contributed by atoms with E-state index in [0.29, 0.717) is 23.6 Å². The molecule has 128 valence electrons. The van der Waals surface area contributed by atoms with Crippen LogP contribution in [0.2, 0.25) is 0 Å². The van der Waals surface area contributed by atoms with E-state index < -0.39 is 5.91 Å². The average Bonchev–Trinajstić information content (AvgIpc) is 2.55. The molecule has 4 nitrogen and oxygen atoms in total. The lowest BCUT2D eigenvalue weighted by Gasteiger charge is -2.10. The maximum atomic E-state index is 12.5.